The molecule has 0 fully saturated rings. The van der Waals surface area contributed by atoms with Crippen LogP contribution in [0.3, 0.4) is 0 Å². The molecular weight excluding hydrogens is 318 g/mol. The highest BCUT2D eigenvalue weighted by molar-refractivity contribution is 7.99. The van der Waals surface area contributed by atoms with E-state index in [4.69, 9.17) is 0 Å². The molecule has 0 aliphatic carbocycles. The number of hydrogen-bond donors (Lipinski definition) is 1. The zero-order valence-corrected chi connectivity index (χ0v) is 14.3. The Bertz CT molecular complexity index is 856. The topological polar surface area (TPSA) is 49.0 Å². The first-order chi connectivity index (χ1) is 11.7. The van der Waals surface area contributed by atoms with Gasteiger partial charge >= 0.3 is 0 Å². The van der Waals surface area contributed by atoms with Crippen molar-refractivity contribution in [3.05, 3.63) is 54.1 Å². The summed E-state index contributed by atoms with van der Waals surface area (Å²) >= 11 is 1.47. The zero-order chi connectivity index (χ0) is 16.5. The molecule has 1 N–H and O–H groups in total. The number of carbonyl (C=O) groups is 1. The second kappa shape index (κ2) is 6.32. The van der Waals surface area contributed by atoms with Crippen LogP contribution in [-0.2, 0) is 11.2 Å². The third kappa shape index (κ3) is 2.80. The first-order valence-electron chi connectivity index (χ1n) is 8.20. The molecule has 24 heavy (non-hydrogen) atoms. The van der Waals surface area contributed by atoms with Gasteiger partial charge in [-0.2, -0.15) is 0 Å². The Kier molecular flexibility index (Phi) is 4.02. The number of amides is 1. The van der Waals surface area contributed by atoms with Crippen LogP contribution >= 0.6 is 11.8 Å². The lowest BCUT2D eigenvalue weighted by Gasteiger charge is -2.35. The molecule has 1 unspecified atom stereocenters. The zero-order valence-electron chi connectivity index (χ0n) is 13.5. The van der Waals surface area contributed by atoms with E-state index in [1.54, 1.807) is 0 Å². The number of benzene rings is 2. The maximum atomic E-state index is 12.8. The van der Waals surface area contributed by atoms with Crippen molar-refractivity contribution in [2.75, 3.05) is 10.7 Å². The van der Waals surface area contributed by atoms with Crippen molar-refractivity contribution >= 4 is 34.4 Å². The second-order valence-electron chi connectivity index (χ2n) is 6.13. The molecule has 4 rings (SSSR count). The molecule has 1 amide bonds. The Morgan fingerprint density at radius 3 is 2.92 bits per heavy atom. The maximum absolute atomic E-state index is 12.8. The number of nitrogens with zero attached hydrogens (tertiary/aromatic N) is 2. The van der Waals surface area contributed by atoms with Crippen molar-refractivity contribution in [2.24, 2.45) is 0 Å². The second-order valence-corrected chi connectivity index (χ2v) is 7.09. The Hall–Kier alpha value is -2.27. The smallest absolute Gasteiger partial charge is 0.237 e. The Balaban J connectivity index is 1.51. The van der Waals surface area contributed by atoms with Crippen molar-refractivity contribution < 1.29 is 4.79 Å². The summed E-state index contributed by atoms with van der Waals surface area (Å²) < 4.78 is 0. The summed E-state index contributed by atoms with van der Waals surface area (Å²) in [6.07, 6.45) is 2.05. The van der Waals surface area contributed by atoms with Crippen LogP contribution in [0.25, 0.3) is 11.0 Å². The summed E-state index contributed by atoms with van der Waals surface area (Å²) in [5.74, 6) is 0.526. The van der Waals surface area contributed by atoms with E-state index >= 15 is 0 Å². The van der Waals surface area contributed by atoms with Crippen molar-refractivity contribution in [1.29, 1.82) is 0 Å². The highest BCUT2D eigenvalue weighted by Crippen LogP contribution is 2.31. The van der Waals surface area contributed by atoms with Crippen LogP contribution in [0, 0.1) is 0 Å². The SMILES string of the molecule is CC1CCc2ccccc2N1C(=O)CSc1nc2ccccc2[nH]1. The number of carbonyl (C=O) groups excluding carboxylic acids is 1. The molecule has 122 valence electrons. The van der Waals surface area contributed by atoms with Crippen LogP contribution in [0.5, 0.6) is 0 Å². The minimum Gasteiger partial charge on any atom is -0.333 e. The molecule has 1 atom stereocenters. The Morgan fingerprint density at radius 2 is 2.04 bits per heavy atom. The molecule has 0 saturated heterocycles. The number of thioether (sulfide) groups is 1. The van der Waals surface area contributed by atoms with Gasteiger partial charge in [-0.25, -0.2) is 4.98 Å². The van der Waals surface area contributed by atoms with Gasteiger partial charge in [0.1, 0.15) is 0 Å². The first kappa shape index (κ1) is 15.3. The Morgan fingerprint density at radius 1 is 1.25 bits per heavy atom. The minimum atomic E-state index is 0.139. The van der Waals surface area contributed by atoms with Gasteiger partial charge in [0.2, 0.25) is 5.91 Å². The Labute approximate surface area is 145 Å². The van der Waals surface area contributed by atoms with Crippen molar-refractivity contribution in [2.45, 2.75) is 31.0 Å². The molecule has 1 aliphatic heterocycles. The predicted octanol–water partition coefficient (Wildman–Crippen LogP) is 4.02. The average Bonchev–Trinajstić information content (AvgIpc) is 3.02. The summed E-state index contributed by atoms with van der Waals surface area (Å²) in [6, 6.07) is 16.4. The van der Waals surface area contributed by atoms with Gasteiger partial charge in [-0.15, -0.1) is 0 Å². The number of para-hydroxylation sites is 3. The van der Waals surface area contributed by atoms with Gasteiger partial charge in [0.05, 0.1) is 16.8 Å². The van der Waals surface area contributed by atoms with Crippen molar-refractivity contribution in [1.82, 2.24) is 9.97 Å². The van der Waals surface area contributed by atoms with E-state index < -0.39 is 0 Å². The van der Waals surface area contributed by atoms with Gasteiger partial charge in [0.25, 0.3) is 0 Å². The van der Waals surface area contributed by atoms with Crippen molar-refractivity contribution in [3.8, 4) is 0 Å². The standard InChI is InChI=1S/C19H19N3OS/c1-13-10-11-14-6-2-5-9-17(14)22(13)18(23)12-24-19-20-15-7-3-4-8-16(15)21-19/h2-9,13H,10-12H2,1H3,(H,20,21). The van der Waals surface area contributed by atoms with Crippen LogP contribution < -0.4 is 4.90 Å². The number of aryl methyl sites for hydroxylation is 1. The highest BCUT2D eigenvalue weighted by atomic mass is 32.2. The fourth-order valence-corrected chi connectivity index (χ4v) is 4.01. The van der Waals surface area contributed by atoms with E-state index in [2.05, 4.69) is 29.0 Å². The molecule has 0 radical (unpaired) electrons. The lowest BCUT2D eigenvalue weighted by Crippen LogP contribution is -2.43. The molecule has 3 aromatic rings. The molecule has 0 saturated carbocycles. The van der Waals surface area contributed by atoms with Crippen LogP contribution in [0.4, 0.5) is 5.69 Å². The van der Waals surface area contributed by atoms with Crippen LogP contribution in [-0.4, -0.2) is 27.7 Å². The maximum Gasteiger partial charge on any atom is 0.237 e. The molecule has 5 heteroatoms. The lowest BCUT2D eigenvalue weighted by molar-refractivity contribution is -0.116. The first-order valence-corrected chi connectivity index (χ1v) is 9.18. The normalized spacial score (nSPS) is 17.0. The van der Waals surface area contributed by atoms with E-state index in [9.17, 15) is 4.79 Å². The van der Waals surface area contributed by atoms with Crippen molar-refractivity contribution in [3.63, 3.8) is 0 Å². The molecule has 0 spiro atoms. The third-order valence-corrected chi connectivity index (χ3v) is 5.35. The van der Waals surface area contributed by atoms with Crippen LogP contribution in [0.2, 0.25) is 0 Å². The summed E-state index contributed by atoms with van der Waals surface area (Å²) in [7, 11) is 0. The molecule has 4 nitrogen and oxygen atoms in total. The van der Waals surface area contributed by atoms with E-state index in [1.807, 2.05) is 41.3 Å². The number of imidazole rings is 1. The van der Waals surface area contributed by atoms with Gasteiger partial charge in [-0.05, 0) is 43.5 Å². The van der Waals surface area contributed by atoms with Gasteiger partial charge in [0, 0.05) is 11.7 Å². The fraction of sp³-hybridized carbons (Fsp3) is 0.263. The highest BCUT2D eigenvalue weighted by Gasteiger charge is 2.27. The number of anilines is 1. The number of aromatic nitrogens is 2. The number of aromatic amines is 1. The number of H-pyrrole nitrogens is 1. The summed E-state index contributed by atoms with van der Waals surface area (Å²) in [5.41, 5.74) is 4.26. The van der Waals surface area contributed by atoms with E-state index in [-0.39, 0.29) is 11.9 Å². The number of fused-ring (bicyclic) bond motifs is 2. The van der Waals surface area contributed by atoms with Crippen LogP contribution in [0.15, 0.2) is 53.7 Å². The molecule has 1 aromatic heterocycles. The predicted molar refractivity (Wildman–Crippen MR) is 98.5 cm³/mol. The fourth-order valence-electron chi connectivity index (χ4n) is 3.27. The van der Waals surface area contributed by atoms with E-state index in [1.165, 1.54) is 17.3 Å². The third-order valence-electron chi connectivity index (χ3n) is 4.49. The van der Waals surface area contributed by atoms with Crippen LogP contribution in [0.1, 0.15) is 18.9 Å². The van der Waals surface area contributed by atoms with E-state index in [0.29, 0.717) is 5.75 Å². The minimum absolute atomic E-state index is 0.139. The molecule has 2 heterocycles. The average molecular weight is 337 g/mol. The van der Waals surface area contributed by atoms with E-state index in [0.717, 1.165) is 34.7 Å². The molecular formula is C19H19N3OS. The largest absolute Gasteiger partial charge is 0.333 e. The lowest BCUT2D eigenvalue weighted by atomic mass is 9.97. The summed E-state index contributed by atoms with van der Waals surface area (Å²) in [6.45, 7) is 2.12. The summed E-state index contributed by atoms with van der Waals surface area (Å²) in [5, 5.41) is 0.794. The number of nitrogens with one attached hydrogen (secondary N) is 1. The molecule has 2 aromatic carbocycles. The summed E-state index contributed by atoms with van der Waals surface area (Å²) in [4.78, 5) is 22.6. The quantitative estimate of drug-likeness (QED) is 0.734. The van der Waals surface area contributed by atoms with Gasteiger partial charge < -0.3 is 9.88 Å². The monoisotopic (exact) mass is 337 g/mol. The number of hydrogen-bond acceptors (Lipinski definition) is 3. The number of rotatable bonds is 3. The molecule has 0 bridgehead atoms. The van der Waals surface area contributed by atoms with Gasteiger partial charge in [-0.1, -0.05) is 42.1 Å². The van der Waals surface area contributed by atoms with Gasteiger partial charge in [-0.3, -0.25) is 4.79 Å². The van der Waals surface area contributed by atoms with Gasteiger partial charge in [0.15, 0.2) is 5.16 Å². The molecule has 1 aliphatic rings.